The van der Waals surface area contributed by atoms with Gasteiger partial charge in [-0.3, -0.25) is 9.59 Å². The van der Waals surface area contributed by atoms with Crippen LogP contribution in [-0.4, -0.2) is 30.1 Å². The summed E-state index contributed by atoms with van der Waals surface area (Å²) in [4.78, 5) is 22.0. The molecule has 1 aromatic rings. The summed E-state index contributed by atoms with van der Waals surface area (Å²) in [6.07, 6.45) is 5.93. The van der Waals surface area contributed by atoms with Crippen LogP contribution in [0.25, 0.3) is 0 Å². The molecular weight excluding hydrogens is 270 g/mol. The van der Waals surface area contributed by atoms with Gasteiger partial charge in [0.05, 0.1) is 6.61 Å². The number of carboxylic acid groups (broad SMARTS) is 1. The Morgan fingerprint density at radius 3 is 2.38 bits per heavy atom. The lowest BCUT2D eigenvalue weighted by atomic mass is 10.2. The maximum Gasteiger partial charge on any atom is 0.322 e. The second-order valence-corrected chi connectivity index (χ2v) is 4.86. The number of unbranched alkanes of at least 4 members (excludes halogenated alkanes) is 4. The normalized spacial score (nSPS) is 10.1. The van der Waals surface area contributed by atoms with Crippen molar-refractivity contribution < 1.29 is 19.4 Å². The van der Waals surface area contributed by atoms with Gasteiger partial charge in [-0.05, 0) is 30.7 Å². The molecule has 0 heterocycles. The Morgan fingerprint density at radius 1 is 1.10 bits per heavy atom. The van der Waals surface area contributed by atoms with E-state index in [4.69, 9.17) is 9.84 Å². The minimum atomic E-state index is -1.06. The van der Waals surface area contributed by atoms with Crippen LogP contribution in [0.15, 0.2) is 24.3 Å². The van der Waals surface area contributed by atoms with Crippen LogP contribution in [0.1, 0.15) is 49.4 Å². The smallest absolute Gasteiger partial charge is 0.322 e. The van der Waals surface area contributed by atoms with Crippen LogP contribution in [0, 0.1) is 0 Å². The van der Waals surface area contributed by atoms with Gasteiger partial charge in [0.15, 0.2) is 0 Å². The van der Waals surface area contributed by atoms with Crippen molar-refractivity contribution in [2.24, 2.45) is 0 Å². The molecule has 5 heteroatoms. The fraction of sp³-hybridized carbons (Fsp3) is 0.500. The number of hydrogen-bond donors (Lipinski definition) is 2. The summed E-state index contributed by atoms with van der Waals surface area (Å²) in [6, 6.07) is 6.71. The quantitative estimate of drug-likeness (QED) is 0.650. The summed E-state index contributed by atoms with van der Waals surface area (Å²) < 4.78 is 5.59. The minimum Gasteiger partial charge on any atom is -0.494 e. The van der Waals surface area contributed by atoms with Crippen molar-refractivity contribution in [3.63, 3.8) is 0 Å². The van der Waals surface area contributed by atoms with Gasteiger partial charge in [0.25, 0.3) is 5.91 Å². The SMILES string of the molecule is CCCCCCCOc1ccc(C(=O)NCC(=O)O)cc1. The number of ether oxygens (including phenoxy) is 1. The molecule has 21 heavy (non-hydrogen) atoms. The van der Waals surface area contributed by atoms with Crippen LogP contribution in [-0.2, 0) is 4.79 Å². The molecule has 0 aliphatic heterocycles. The van der Waals surface area contributed by atoms with Gasteiger partial charge in [0.2, 0.25) is 0 Å². The van der Waals surface area contributed by atoms with E-state index in [1.165, 1.54) is 25.7 Å². The van der Waals surface area contributed by atoms with E-state index in [0.29, 0.717) is 12.2 Å². The molecule has 1 amide bonds. The zero-order valence-corrected chi connectivity index (χ0v) is 12.4. The molecular formula is C16H23NO4. The molecule has 0 fully saturated rings. The van der Waals surface area contributed by atoms with Crippen molar-refractivity contribution >= 4 is 11.9 Å². The zero-order valence-electron chi connectivity index (χ0n) is 12.4. The van der Waals surface area contributed by atoms with Crippen molar-refractivity contribution in [1.82, 2.24) is 5.32 Å². The van der Waals surface area contributed by atoms with Crippen molar-refractivity contribution in [1.29, 1.82) is 0 Å². The third-order valence-electron chi connectivity index (χ3n) is 3.03. The topological polar surface area (TPSA) is 75.6 Å². The van der Waals surface area contributed by atoms with Gasteiger partial charge in [-0.15, -0.1) is 0 Å². The van der Waals surface area contributed by atoms with Crippen molar-refractivity contribution in [3.05, 3.63) is 29.8 Å². The van der Waals surface area contributed by atoms with Gasteiger partial charge >= 0.3 is 5.97 Å². The first-order valence-electron chi connectivity index (χ1n) is 7.36. The van der Waals surface area contributed by atoms with Crippen LogP contribution in [0.2, 0.25) is 0 Å². The lowest BCUT2D eigenvalue weighted by Crippen LogP contribution is -2.29. The van der Waals surface area contributed by atoms with E-state index in [-0.39, 0.29) is 6.54 Å². The Labute approximate surface area is 125 Å². The molecule has 2 N–H and O–H groups in total. The van der Waals surface area contributed by atoms with Crippen LogP contribution in [0.5, 0.6) is 5.75 Å². The van der Waals surface area contributed by atoms with Gasteiger partial charge in [0.1, 0.15) is 12.3 Å². The number of benzene rings is 1. The molecule has 0 radical (unpaired) electrons. The van der Waals surface area contributed by atoms with Gasteiger partial charge in [-0.1, -0.05) is 32.6 Å². The van der Waals surface area contributed by atoms with E-state index in [0.717, 1.165) is 12.2 Å². The number of carboxylic acids is 1. The molecule has 0 aliphatic carbocycles. The van der Waals surface area contributed by atoms with Crippen molar-refractivity contribution in [3.8, 4) is 5.75 Å². The second-order valence-electron chi connectivity index (χ2n) is 4.86. The van der Waals surface area contributed by atoms with Crippen molar-refractivity contribution in [2.45, 2.75) is 39.0 Å². The summed E-state index contributed by atoms with van der Waals surface area (Å²) in [5.41, 5.74) is 0.423. The number of hydrogen-bond acceptors (Lipinski definition) is 3. The van der Waals surface area contributed by atoms with E-state index in [1.54, 1.807) is 24.3 Å². The Kier molecular flexibility index (Phi) is 7.94. The minimum absolute atomic E-state index is 0.380. The maximum atomic E-state index is 11.6. The Bertz CT molecular complexity index is 442. The molecule has 0 atom stereocenters. The highest BCUT2D eigenvalue weighted by Crippen LogP contribution is 2.13. The molecule has 0 bridgehead atoms. The number of nitrogens with one attached hydrogen (secondary N) is 1. The number of aliphatic carboxylic acids is 1. The predicted molar refractivity (Wildman–Crippen MR) is 80.7 cm³/mol. The second kappa shape index (κ2) is 9.80. The standard InChI is InChI=1S/C16H23NO4/c1-2-3-4-5-6-11-21-14-9-7-13(8-10-14)16(20)17-12-15(18)19/h7-10H,2-6,11-12H2,1H3,(H,17,20)(H,18,19). The Balaban J connectivity index is 2.29. The fourth-order valence-electron chi connectivity index (χ4n) is 1.86. The summed E-state index contributed by atoms with van der Waals surface area (Å²) in [5, 5.41) is 10.8. The van der Waals surface area contributed by atoms with E-state index in [1.807, 2.05) is 0 Å². The average Bonchev–Trinajstić information content (AvgIpc) is 2.49. The van der Waals surface area contributed by atoms with Crippen LogP contribution in [0.3, 0.4) is 0 Å². The molecule has 1 aromatic carbocycles. The summed E-state index contributed by atoms with van der Waals surface area (Å²) in [7, 11) is 0. The Hall–Kier alpha value is -2.04. The maximum absolute atomic E-state index is 11.6. The fourth-order valence-corrected chi connectivity index (χ4v) is 1.86. The van der Waals surface area contributed by atoms with Crippen LogP contribution >= 0.6 is 0 Å². The van der Waals surface area contributed by atoms with E-state index >= 15 is 0 Å². The van der Waals surface area contributed by atoms with Crippen molar-refractivity contribution in [2.75, 3.05) is 13.2 Å². The largest absolute Gasteiger partial charge is 0.494 e. The number of rotatable bonds is 10. The monoisotopic (exact) mass is 293 g/mol. The lowest BCUT2D eigenvalue weighted by Gasteiger charge is -2.07. The van der Waals surface area contributed by atoms with Gasteiger partial charge in [0, 0.05) is 5.56 Å². The first-order valence-corrected chi connectivity index (χ1v) is 7.36. The first-order chi connectivity index (χ1) is 10.1. The highest BCUT2D eigenvalue weighted by Gasteiger charge is 2.06. The Morgan fingerprint density at radius 2 is 1.76 bits per heavy atom. The zero-order chi connectivity index (χ0) is 15.5. The van der Waals surface area contributed by atoms with Crippen LogP contribution < -0.4 is 10.1 Å². The first kappa shape index (κ1) is 17.0. The summed E-state index contributed by atoms with van der Waals surface area (Å²) in [5.74, 6) is -0.741. The molecule has 0 saturated carbocycles. The summed E-state index contributed by atoms with van der Waals surface area (Å²) >= 11 is 0. The van der Waals surface area contributed by atoms with Gasteiger partial charge < -0.3 is 15.2 Å². The summed E-state index contributed by atoms with van der Waals surface area (Å²) in [6.45, 7) is 2.48. The highest BCUT2D eigenvalue weighted by molar-refractivity contribution is 5.95. The number of carbonyl (C=O) groups excluding carboxylic acids is 1. The van der Waals surface area contributed by atoms with E-state index < -0.39 is 11.9 Å². The molecule has 0 aliphatic rings. The van der Waals surface area contributed by atoms with E-state index in [2.05, 4.69) is 12.2 Å². The third-order valence-corrected chi connectivity index (χ3v) is 3.03. The highest BCUT2D eigenvalue weighted by atomic mass is 16.5. The molecule has 0 aromatic heterocycles. The molecule has 1 rings (SSSR count). The lowest BCUT2D eigenvalue weighted by molar-refractivity contribution is -0.135. The molecule has 0 saturated heterocycles. The predicted octanol–water partition coefficient (Wildman–Crippen LogP) is 2.85. The number of carbonyl (C=O) groups is 2. The third kappa shape index (κ3) is 7.34. The van der Waals surface area contributed by atoms with Gasteiger partial charge in [-0.25, -0.2) is 0 Å². The molecule has 116 valence electrons. The molecule has 5 nitrogen and oxygen atoms in total. The molecule has 0 spiro atoms. The number of amides is 1. The van der Waals surface area contributed by atoms with Crippen LogP contribution in [0.4, 0.5) is 0 Å². The van der Waals surface area contributed by atoms with Gasteiger partial charge in [-0.2, -0.15) is 0 Å². The molecule has 0 unspecified atom stereocenters. The van der Waals surface area contributed by atoms with E-state index in [9.17, 15) is 9.59 Å². The average molecular weight is 293 g/mol.